The van der Waals surface area contributed by atoms with Gasteiger partial charge in [0, 0.05) is 22.3 Å². The zero-order valence-corrected chi connectivity index (χ0v) is 10.5. The first-order valence-corrected chi connectivity index (χ1v) is 6.37. The number of hydrogen-bond donors (Lipinski definition) is 0. The SMILES string of the molecule is O=[N+]([O-])c1cccc(CSc2ccccc2F)c1F. The molecule has 0 spiro atoms. The molecule has 0 saturated heterocycles. The molecule has 0 aliphatic carbocycles. The highest BCUT2D eigenvalue weighted by atomic mass is 32.2. The molecule has 0 amide bonds. The van der Waals surface area contributed by atoms with Crippen LogP contribution < -0.4 is 0 Å². The summed E-state index contributed by atoms with van der Waals surface area (Å²) in [7, 11) is 0. The second kappa shape index (κ2) is 5.79. The van der Waals surface area contributed by atoms with E-state index in [1.54, 1.807) is 18.2 Å². The molecule has 6 heteroatoms. The number of nitrogens with zero attached hydrogens (tertiary/aromatic N) is 1. The molecular formula is C13H9F2NO2S. The first-order chi connectivity index (χ1) is 9.09. The molecule has 98 valence electrons. The Balaban J connectivity index is 2.19. The van der Waals surface area contributed by atoms with Crippen molar-refractivity contribution < 1.29 is 13.7 Å². The number of thioether (sulfide) groups is 1. The molecule has 0 aromatic heterocycles. The van der Waals surface area contributed by atoms with Crippen LogP contribution in [0.15, 0.2) is 47.4 Å². The molecular weight excluding hydrogens is 272 g/mol. The lowest BCUT2D eigenvalue weighted by Gasteiger charge is -2.04. The highest BCUT2D eigenvalue weighted by Gasteiger charge is 2.17. The summed E-state index contributed by atoms with van der Waals surface area (Å²) in [6.07, 6.45) is 0. The Morgan fingerprint density at radius 2 is 1.84 bits per heavy atom. The maximum Gasteiger partial charge on any atom is 0.305 e. The second-order valence-electron chi connectivity index (χ2n) is 3.73. The third-order valence-corrected chi connectivity index (χ3v) is 3.57. The lowest BCUT2D eigenvalue weighted by Crippen LogP contribution is -1.96. The lowest BCUT2D eigenvalue weighted by molar-refractivity contribution is -0.387. The average molecular weight is 281 g/mol. The van der Waals surface area contributed by atoms with Gasteiger partial charge in [-0.05, 0) is 12.1 Å². The minimum Gasteiger partial charge on any atom is -0.258 e. The summed E-state index contributed by atoms with van der Waals surface area (Å²) in [4.78, 5) is 10.2. The summed E-state index contributed by atoms with van der Waals surface area (Å²) in [5.41, 5.74) is -0.380. The Kier molecular flexibility index (Phi) is 4.11. The van der Waals surface area contributed by atoms with Crippen LogP contribution in [0, 0.1) is 21.7 Å². The van der Waals surface area contributed by atoms with Gasteiger partial charge in [-0.2, -0.15) is 4.39 Å². The van der Waals surface area contributed by atoms with Gasteiger partial charge in [-0.1, -0.05) is 24.3 Å². The number of nitro benzene ring substituents is 1. The van der Waals surface area contributed by atoms with Crippen LogP contribution in [0.25, 0.3) is 0 Å². The normalized spacial score (nSPS) is 10.4. The zero-order valence-electron chi connectivity index (χ0n) is 9.68. The number of benzene rings is 2. The van der Waals surface area contributed by atoms with Gasteiger partial charge in [-0.25, -0.2) is 4.39 Å². The summed E-state index contributed by atoms with van der Waals surface area (Å²) < 4.78 is 27.2. The zero-order chi connectivity index (χ0) is 13.8. The van der Waals surface area contributed by atoms with Crippen molar-refractivity contribution in [2.24, 2.45) is 0 Å². The molecule has 2 rings (SSSR count). The predicted octanol–water partition coefficient (Wildman–Crippen LogP) is 4.17. The van der Waals surface area contributed by atoms with Crippen LogP contribution in [-0.4, -0.2) is 4.92 Å². The van der Waals surface area contributed by atoms with E-state index in [2.05, 4.69) is 0 Å². The lowest BCUT2D eigenvalue weighted by atomic mass is 10.2. The van der Waals surface area contributed by atoms with Gasteiger partial charge in [0.15, 0.2) is 0 Å². The minimum atomic E-state index is -0.865. The van der Waals surface area contributed by atoms with Gasteiger partial charge in [-0.3, -0.25) is 10.1 Å². The minimum absolute atomic E-state index is 0.133. The van der Waals surface area contributed by atoms with E-state index in [-0.39, 0.29) is 11.3 Å². The van der Waals surface area contributed by atoms with Crippen molar-refractivity contribution in [3.8, 4) is 0 Å². The molecule has 0 saturated carbocycles. The first kappa shape index (κ1) is 13.5. The van der Waals surface area contributed by atoms with E-state index in [0.717, 1.165) is 17.8 Å². The van der Waals surface area contributed by atoms with E-state index in [9.17, 15) is 18.9 Å². The van der Waals surface area contributed by atoms with E-state index in [0.29, 0.717) is 4.90 Å². The molecule has 0 bridgehead atoms. The first-order valence-electron chi connectivity index (χ1n) is 5.38. The van der Waals surface area contributed by atoms with E-state index in [1.807, 2.05) is 0 Å². The summed E-state index contributed by atoms with van der Waals surface area (Å²) in [6.45, 7) is 0. The van der Waals surface area contributed by atoms with Crippen LogP contribution in [0.4, 0.5) is 14.5 Å². The Morgan fingerprint density at radius 1 is 1.11 bits per heavy atom. The van der Waals surface area contributed by atoms with Crippen molar-refractivity contribution in [3.63, 3.8) is 0 Å². The molecule has 0 N–H and O–H groups in total. The Morgan fingerprint density at radius 3 is 2.53 bits per heavy atom. The third kappa shape index (κ3) is 3.08. The van der Waals surface area contributed by atoms with Gasteiger partial charge in [0.25, 0.3) is 0 Å². The van der Waals surface area contributed by atoms with Crippen molar-refractivity contribution in [1.82, 2.24) is 0 Å². The van der Waals surface area contributed by atoms with E-state index < -0.39 is 22.2 Å². The Hall–Kier alpha value is -1.95. The molecule has 0 fully saturated rings. The highest BCUT2D eigenvalue weighted by Crippen LogP contribution is 2.28. The number of rotatable bonds is 4. The second-order valence-corrected chi connectivity index (χ2v) is 4.74. The van der Waals surface area contributed by atoms with Crippen LogP contribution in [0.3, 0.4) is 0 Å². The standard InChI is InChI=1S/C13H9F2NO2S/c14-10-5-1-2-7-12(10)19-8-9-4-3-6-11(13(9)15)16(17)18/h1-7H,8H2. The van der Waals surface area contributed by atoms with Crippen LogP contribution >= 0.6 is 11.8 Å². The maximum absolute atomic E-state index is 13.8. The average Bonchev–Trinajstić information content (AvgIpc) is 2.39. The molecule has 0 atom stereocenters. The van der Waals surface area contributed by atoms with Crippen molar-refractivity contribution in [2.75, 3.05) is 0 Å². The van der Waals surface area contributed by atoms with Crippen molar-refractivity contribution in [2.45, 2.75) is 10.6 Å². The predicted molar refractivity (Wildman–Crippen MR) is 69.0 cm³/mol. The topological polar surface area (TPSA) is 43.1 Å². The van der Waals surface area contributed by atoms with Crippen molar-refractivity contribution >= 4 is 17.4 Å². The Bertz CT molecular complexity index is 619. The van der Waals surface area contributed by atoms with Gasteiger partial charge in [-0.15, -0.1) is 11.8 Å². The van der Waals surface area contributed by atoms with E-state index in [1.165, 1.54) is 18.2 Å². The molecule has 0 unspecified atom stereocenters. The molecule has 0 aliphatic rings. The number of hydrogen-bond acceptors (Lipinski definition) is 3. The van der Waals surface area contributed by atoms with Gasteiger partial charge in [0.1, 0.15) is 5.82 Å². The van der Waals surface area contributed by atoms with Gasteiger partial charge < -0.3 is 0 Å². The van der Waals surface area contributed by atoms with E-state index >= 15 is 0 Å². The summed E-state index contributed by atoms with van der Waals surface area (Å²) in [6, 6.07) is 10.1. The Labute approximate surface area is 112 Å². The molecule has 0 heterocycles. The molecule has 2 aromatic rings. The molecule has 3 nitrogen and oxygen atoms in total. The fourth-order valence-electron chi connectivity index (χ4n) is 1.54. The summed E-state index contributed by atoms with van der Waals surface area (Å²) in [5.74, 6) is -1.12. The summed E-state index contributed by atoms with van der Waals surface area (Å²) >= 11 is 1.10. The number of nitro groups is 1. The third-order valence-electron chi connectivity index (χ3n) is 2.47. The molecule has 0 aliphatic heterocycles. The van der Waals surface area contributed by atoms with Crippen LogP contribution in [-0.2, 0) is 5.75 Å². The summed E-state index contributed by atoms with van der Waals surface area (Å²) in [5, 5.41) is 10.6. The fourth-order valence-corrected chi connectivity index (χ4v) is 2.45. The smallest absolute Gasteiger partial charge is 0.258 e. The highest BCUT2D eigenvalue weighted by molar-refractivity contribution is 7.98. The monoisotopic (exact) mass is 281 g/mol. The quantitative estimate of drug-likeness (QED) is 0.480. The van der Waals surface area contributed by atoms with Crippen LogP contribution in [0.5, 0.6) is 0 Å². The number of halogens is 2. The maximum atomic E-state index is 13.8. The fraction of sp³-hybridized carbons (Fsp3) is 0.0769. The van der Waals surface area contributed by atoms with E-state index in [4.69, 9.17) is 0 Å². The van der Waals surface area contributed by atoms with Crippen LogP contribution in [0.2, 0.25) is 0 Å². The van der Waals surface area contributed by atoms with Crippen molar-refractivity contribution in [1.29, 1.82) is 0 Å². The van der Waals surface area contributed by atoms with Gasteiger partial charge in [0.05, 0.1) is 4.92 Å². The largest absolute Gasteiger partial charge is 0.305 e. The molecule has 2 aromatic carbocycles. The molecule has 19 heavy (non-hydrogen) atoms. The van der Waals surface area contributed by atoms with Gasteiger partial charge >= 0.3 is 5.69 Å². The van der Waals surface area contributed by atoms with Crippen LogP contribution in [0.1, 0.15) is 5.56 Å². The molecule has 0 radical (unpaired) electrons. The van der Waals surface area contributed by atoms with Gasteiger partial charge in [0.2, 0.25) is 5.82 Å². The van der Waals surface area contributed by atoms with Crippen molar-refractivity contribution in [3.05, 3.63) is 69.8 Å².